The van der Waals surface area contributed by atoms with E-state index in [1.165, 1.54) is 38.5 Å². The average Bonchev–Trinajstić information content (AvgIpc) is 2.92. The van der Waals surface area contributed by atoms with Crippen LogP contribution in [0, 0.1) is 0 Å². The van der Waals surface area contributed by atoms with Crippen molar-refractivity contribution in [2.75, 3.05) is 13.1 Å². The van der Waals surface area contributed by atoms with Crippen LogP contribution in [0.25, 0.3) is 0 Å². The Kier molecular flexibility index (Phi) is 3.62. The fourth-order valence-corrected chi connectivity index (χ4v) is 2.47. The van der Waals surface area contributed by atoms with Crippen LogP contribution in [0.15, 0.2) is 0 Å². The van der Waals surface area contributed by atoms with Gasteiger partial charge in [0.05, 0.1) is 6.54 Å². The lowest BCUT2D eigenvalue weighted by Gasteiger charge is -2.27. The number of nitrogens with zero attached hydrogens (tertiary/aromatic N) is 1. The van der Waals surface area contributed by atoms with E-state index in [0.29, 0.717) is 24.5 Å². The fourth-order valence-electron chi connectivity index (χ4n) is 2.47. The SMILES string of the molecule is CCN(C(=O)CNC1CC1)C1CCCC1. The summed E-state index contributed by atoms with van der Waals surface area (Å²) in [4.78, 5) is 14.0. The highest BCUT2D eigenvalue weighted by molar-refractivity contribution is 5.78. The lowest BCUT2D eigenvalue weighted by Crippen LogP contribution is -2.43. The van der Waals surface area contributed by atoms with E-state index in [1.54, 1.807) is 0 Å². The molecule has 2 saturated carbocycles. The summed E-state index contributed by atoms with van der Waals surface area (Å²) in [6.45, 7) is 3.51. The first-order valence-corrected chi connectivity index (χ1v) is 6.34. The van der Waals surface area contributed by atoms with E-state index in [4.69, 9.17) is 0 Å². The molecule has 0 saturated heterocycles. The Morgan fingerprint density at radius 1 is 1.27 bits per heavy atom. The maximum Gasteiger partial charge on any atom is 0.236 e. The fraction of sp³-hybridized carbons (Fsp3) is 0.917. The quantitative estimate of drug-likeness (QED) is 0.746. The molecule has 0 unspecified atom stereocenters. The normalized spacial score (nSPS) is 21.9. The van der Waals surface area contributed by atoms with Gasteiger partial charge in [-0.2, -0.15) is 0 Å². The number of rotatable bonds is 5. The molecule has 0 radical (unpaired) electrons. The molecule has 3 heteroatoms. The molecule has 0 atom stereocenters. The average molecular weight is 210 g/mol. The summed E-state index contributed by atoms with van der Waals surface area (Å²) in [5.41, 5.74) is 0. The van der Waals surface area contributed by atoms with E-state index in [1.807, 2.05) is 0 Å². The van der Waals surface area contributed by atoms with Crippen molar-refractivity contribution in [3.8, 4) is 0 Å². The number of carbonyl (C=O) groups is 1. The Morgan fingerprint density at radius 2 is 1.93 bits per heavy atom. The zero-order chi connectivity index (χ0) is 10.7. The standard InChI is InChI=1S/C12H22N2O/c1-2-14(11-5-3-4-6-11)12(15)9-13-10-7-8-10/h10-11,13H,2-9H2,1H3. The largest absolute Gasteiger partial charge is 0.339 e. The number of hydrogen-bond acceptors (Lipinski definition) is 2. The predicted molar refractivity (Wildman–Crippen MR) is 60.7 cm³/mol. The third kappa shape index (κ3) is 2.94. The number of nitrogens with one attached hydrogen (secondary N) is 1. The second kappa shape index (κ2) is 4.97. The van der Waals surface area contributed by atoms with Crippen molar-refractivity contribution in [3.63, 3.8) is 0 Å². The molecule has 2 rings (SSSR count). The van der Waals surface area contributed by atoms with Gasteiger partial charge in [0.1, 0.15) is 0 Å². The lowest BCUT2D eigenvalue weighted by molar-refractivity contribution is -0.132. The van der Waals surface area contributed by atoms with Crippen LogP contribution < -0.4 is 5.32 Å². The van der Waals surface area contributed by atoms with Crippen LogP contribution in [0.5, 0.6) is 0 Å². The third-order valence-corrected chi connectivity index (χ3v) is 3.55. The van der Waals surface area contributed by atoms with Crippen LogP contribution in [0.2, 0.25) is 0 Å². The minimum absolute atomic E-state index is 0.302. The molecule has 2 aliphatic carbocycles. The van der Waals surface area contributed by atoms with E-state index in [0.717, 1.165) is 6.54 Å². The molecule has 86 valence electrons. The smallest absolute Gasteiger partial charge is 0.236 e. The summed E-state index contributed by atoms with van der Waals surface area (Å²) in [6, 6.07) is 1.17. The number of hydrogen-bond donors (Lipinski definition) is 1. The Labute approximate surface area is 92.2 Å². The maximum atomic E-state index is 12.0. The first-order valence-electron chi connectivity index (χ1n) is 6.34. The molecule has 0 aliphatic heterocycles. The van der Waals surface area contributed by atoms with Crippen molar-refractivity contribution in [1.82, 2.24) is 10.2 Å². The van der Waals surface area contributed by atoms with Crippen LogP contribution in [-0.4, -0.2) is 36.0 Å². The van der Waals surface area contributed by atoms with Crippen molar-refractivity contribution in [3.05, 3.63) is 0 Å². The van der Waals surface area contributed by atoms with Crippen molar-refractivity contribution in [2.45, 2.75) is 57.5 Å². The molecule has 0 aromatic rings. The highest BCUT2D eigenvalue weighted by Gasteiger charge is 2.27. The molecule has 0 spiro atoms. The highest BCUT2D eigenvalue weighted by atomic mass is 16.2. The number of carbonyl (C=O) groups excluding carboxylic acids is 1. The molecule has 1 amide bonds. The van der Waals surface area contributed by atoms with Gasteiger partial charge in [-0.25, -0.2) is 0 Å². The van der Waals surface area contributed by atoms with E-state index >= 15 is 0 Å². The van der Waals surface area contributed by atoms with Gasteiger partial charge >= 0.3 is 0 Å². The van der Waals surface area contributed by atoms with Crippen LogP contribution in [0.1, 0.15) is 45.4 Å². The zero-order valence-electron chi connectivity index (χ0n) is 9.67. The summed E-state index contributed by atoms with van der Waals surface area (Å²) < 4.78 is 0. The molecule has 0 bridgehead atoms. The topological polar surface area (TPSA) is 32.3 Å². The molecule has 3 nitrogen and oxygen atoms in total. The van der Waals surface area contributed by atoms with Crippen molar-refractivity contribution < 1.29 is 4.79 Å². The van der Waals surface area contributed by atoms with E-state index in [-0.39, 0.29) is 0 Å². The van der Waals surface area contributed by atoms with E-state index in [2.05, 4.69) is 17.1 Å². The van der Waals surface area contributed by atoms with Crippen LogP contribution in [-0.2, 0) is 4.79 Å². The highest BCUT2D eigenvalue weighted by Crippen LogP contribution is 2.23. The number of amides is 1. The first-order chi connectivity index (χ1) is 7.31. The lowest BCUT2D eigenvalue weighted by atomic mass is 10.2. The van der Waals surface area contributed by atoms with Gasteiger partial charge in [0.25, 0.3) is 0 Å². The van der Waals surface area contributed by atoms with Crippen molar-refractivity contribution in [1.29, 1.82) is 0 Å². The van der Waals surface area contributed by atoms with Gasteiger partial charge in [-0.1, -0.05) is 12.8 Å². The molecule has 1 N–H and O–H groups in total. The van der Waals surface area contributed by atoms with Gasteiger partial charge in [0.15, 0.2) is 0 Å². The molecule has 2 aliphatic rings. The molecular formula is C12H22N2O. The van der Waals surface area contributed by atoms with E-state index in [9.17, 15) is 4.79 Å². The Hall–Kier alpha value is -0.570. The summed E-state index contributed by atoms with van der Waals surface area (Å²) in [5, 5.41) is 3.30. The molecule has 0 aromatic heterocycles. The molecule has 0 heterocycles. The third-order valence-electron chi connectivity index (χ3n) is 3.55. The summed E-state index contributed by atoms with van der Waals surface area (Å²) in [7, 11) is 0. The van der Waals surface area contributed by atoms with Gasteiger partial charge < -0.3 is 10.2 Å². The maximum absolute atomic E-state index is 12.0. The van der Waals surface area contributed by atoms with Gasteiger partial charge in [0.2, 0.25) is 5.91 Å². The Balaban J connectivity index is 1.78. The summed E-state index contributed by atoms with van der Waals surface area (Å²) >= 11 is 0. The van der Waals surface area contributed by atoms with Crippen molar-refractivity contribution >= 4 is 5.91 Å². The minimum atomic E-state index is 0.302. The van der Waals surface area contributed by atoms with Gasteiger partial charge in [0, 0.05) is 18.6 Å². The number of likely N-dealkylation sites (N-methyl/N-ethyl adjacent to an activating group) is 1. The second-order valence-corrected chi connectivity index (χ2v) is 4.77. The van der Waals surface area contributed by atoms with Crippen LogP contribution in [0.4, 0.5) is 0 Å². The van der Waals surface area contributed by atoms with Gasteiger partial charge in [-0.15, -0.1) is 0 Å². The molecular weight excluding hydrogens is 188 g/mol. The zero-order valence-corrected chi connectivity index (χ0v) is 9.67. The summed E-state index contributed by atoms with van der Waals surface area (Å²) in [5.74, 6) is 0.302. The van der Waals surface area contributed by atoms with E-state index < -0.39 is 0 Å². The molecule has 0 aromatic carbocycles. The molecule has 2 fully saturated rings. The first kappa shape index (κ1) is 10.9. The minimum Gasteiger partial charge on any atom is -0.339 e. The van der Waals surface area contributed by atoms with Crippen LogP contribution >= 0.6 is 0 Å². The monoisotopic (exact) mass is 210 g/mol. The summed E-state index contributed by atoms with van der Waals surface area (Å²) in [6.07, 6.45) is 7.52. The van der Waals surface area contributed by atoms with Gasteiger partial charge in [-0.05, 0) is 32.6 Å². The van der Waals surface area contributed by atoms with Crippen LogP contribution in [0.3, 0.4) is 0 Å². The second-order valence-electron chi connectivity index (χ2n) is 4.77. The Bertz CT molecular complexity index is 220. The van der Waals surface area contributed by atoms with Crippen molar-refractivity contribution in [2.24, 2.45) is 0 Å². The predicted octanol–water partition coefficient (Wildman–Crippen LogP) is 1.53. The molecule has 15 heavy (non-hydrogen) atoms. The Morgan fingerprint density at radius 3 is 2.47 bits per heavy atom. The van der Waals surface area contributed by atoms with Gasteiger partial charge in [-0.3, -0.25) is 4.79 Å².